The number of carboxylic acid groups (broad SMARTS) is 1. The van der Waals surface area contributed by atoms with Crippen molar-refractivity contribution in [1.82, 2.24) is 5.32 Å². The fourth-order valence-electron chi connectivity index (χ4n) is 1.64. The highest BCUT2D eigenvalue weighted by Gasteiger charge is 2.28. The lowest BCUT2D eigenvalue weighted by atomic mass is 10.0. The van der Waals surface area contributed by atoms with Gasteiger partial charge in [-0.15, -0.1) is 0 Å². The van der Waals surface area contributed by atoms with Crippen molar-refractivity contribution in [2.75, 3.05) is 0 Å². The number of amides is 1. The Kier molecular flexibility index (Phi) is 5.69. The monoisotopic (exact) mass is 307 g/mol. The number of hydrogen-bond donors (Lipinski definition) is 2. The second kappa shape index (κ2) is 7.05. The first kappa shape index (κ1) is 16.9. The molecule has 0 radical (unpaired) electrons. The normalized spacial score (nSPS) is 12.8. The molecule has 0 aromatic heterocycles. The number of hydrogen-bond acceptors (Lipinski definition) is 2. The zero-order valence-electron chi connectivity index (χ0n) is 10.8. The molecule has 0 spiro atoms. The Balaban J connectivity index is 2.72. The smallest absolute Gasteiger partial charge is 0.389 e. The van der Waals surface area contributed by atoms with E-state index in [4.69, 9.17) is 5.11 Å². The van der Waals surface area contributed by atoms with E-state index in [-0.39, 0.29) is 0 Å². The molecule has 116 valence electrons. The van der Waals surface area contributed by atoms with Gasteiger partial charge in [0.25, 0.3) is 0 Å². The number of carbonyl (C=O) groups excluding carboxylic acids is 1. The van der Waals surface area contributed by atoms with Crippen molar-refractivity contribution in [3.05, 3.63) is 35.6 Å². The van der Waals surface area contributed by atoms with Gasteiger partial charge in [-0.25, -0.2) is 4.39 Å². The molecule has 1 unspecified atom stereocenters. The van der Waals surface area contributed by atoms with E-state index in [9.17, 15) is 27.2 Å². The third-order valence-electron chi connectivity index (χ3n) is 2.62. The lowest BCUT2D eigenvalue weighted by Crippen LogP contribution is -2.31. The van der Waals surface area contributed by atoms with Crippen LogP contribution in [0.3, 0.4) is 0 Å². The SMILES string of the molecule is O=C(O)CC(NC(=O)CCC(F)(F)F)c1ccc(F)cc1. The second-order valence-electron chi connectivity index (χ2n) is 4.38. The van der Waals surface area contributed by atoms with Crippen LogP contribution < -0.4 is 5.32 Å². The van der Waals surface area contributed by atoms with Crippen molar-refractivity contribution in [3.8, 4) is 0 Å². The van der Waals surface area contributed by atoms with Crippen molar-refractivity contribution in [1.29, 1.82) is 0 Å². The second-order valence-corrected chi connectivity index (χ2v) is 4.38. The van der Waals surface area contributed by atoms with Crippen LogP contribution in [0.1, 0.15) is 30.9 Å². The van der Waals surface area contributed by atoms with Crippen LogP contribution in [0.2, 0.25) is 0 Å². The van der Waals surface area contributed by atoms with Gasteiger partial charge < -0.3 is 10.4 Å². The van der Waals surface area contributed by atoms with Gasteiger partial charge in [0.15, 0.2) is 0 Å². The number of carboxylic acids is 1. The van der Waals surface area contributed by atoms with E-state index in [1.165, 1.54) is 12.1 Å². The van der Waals surface area contributed by atoms with Gasteiger partial charge in [-0.3, -0.25) is 9.59 Å². The molecule has 0 saturated heterocycles. The molecule has 1 amide bonds. The van der Waals surface area contributed by atoms with Gasteiger partial charge in [0, 0.05) is 6.42 Å². The molecular formula is C13H13F4NO3. The quantitative estimate of drug-likeness (QED) is 0.794. The van der Waals surface area contributed by atoms with Crippen molar-refractivity contribution >= 4 is 11.9 Å². The van der Waals surface area contributed by atoms with Crippen molar-refractivity contribution in [2.45, 2.75) is 31.5 Å². The molecule has 0 heterocycles. The lowest BCUT2D eigenvalue weighted by Gasteiger charge is -2.17. The number of benzene rings is 1. The summed E-state index contributed by atoms with van der Waals surface area (Å²) in [7, 11) is 0. The number of halogens is 4. The maximum atomic E-state index is 12.8. The molecule has 0 saturated carbocycles. The fourth-order valence-corrected chi connectivity index (χ4v) is 1.64. The first-order chi connectivity index (χ1) is 9.67. The third-order valence-corrected chi connectivity index (χ3v) is 2.62. The maximum absolute atomic E-state index is 12.8. The third kappa shape index (κ3) is 6.73. The zero-order valence-corrected chi connectivity index (χ0v) is 10.8. The fraction of sp³-hybridized carbons (Fsp3) is 0.385. The van der Waals surface area contributed by atoms with Crippen LogP contribution in [-0.2, 0) is 9.59 Å². The summed E-state index contributed by atoms with van der Waals surface area (Å²) in [5, 5.41) is 11.0. The van der Waals surface area contributed by atoms with Gasteiger partial charge in [0.2, 0.25) is 5.91 Å². The average molecular weight is 307 g/mol. The summed E-state index contributed by atoms with van der Waals surface area (Å²) in [5.74, 6) is -2.69. The summed E-state index contributed by atoms with van der Waals surface area (Å²) in [6.07, 6.45) is -7.05. The largest absolute Gasteiger partial charge is 0.481 e. The van der Waals surface area contributed by atoms with Crippen LogP contribution in [0.4, 0.5) is 17.6 Å². The van der Waals surface area contributed by atoms with Gasteiger partial charge >= 0.3 is 12.1 Å². The maximum Gasteiger partial charge on any atom is 0.389 e. The van der Waals surface area contributed by atoms with E-state index < -0.39 is 49.2 Å². The summed E-state index contributed by atoms with van der Waals surface area (Å²) in [6, 6.07) is 3.68. The summed E-state index contributed by atoms with van der Waals surface area (Å²) in [4.78, 5) is 22.2. The van der Waals surface area contributed by atoms with E-state index in [1.54, 1.807) is 0 Å². The Bertz CT molecular complexity index is 499. The molecular weight excluding hydrogens is 294 g/mol. The number of carbonyl (C=O) groups is 2. The molecule has 0 aliphatic heterocycles. The zero-order chi connectivity index (χ0) is 16.0. The molecule has 0 aliphatic rings. The van der Waals surface area contributed by atoms with Crippen molar-refractivity contribution in [3.63, 3.8) is 0 Å². The lowest BCUT2D eigenvalue weighted by molar-refractivity contribution is -0.145. The van der Waals surface area contributed by atoms with Crippen LogP contribution in [0.15, 0.2) is 24.3 Å². The predicted octanol–water partition coefficient (Wildman–Crippen LogP) is 2.80. The summed E-state index contributed by atoms with van der Waals surface area (Å²) >= 11 is 0. The van der Waals surface area contributed by atoms with Crippen molar-refractivity contribution < 1.29 is 32.3 Å². The molecule has 0 aliphatic carbocycles. The van der Waals surface area contributed by atoms with E-state index in [0.717, 1.165) is 12.1 Å². The Labute approximate surface area is 117 Å². The highest BCUT2D eigenvalue weighted by Crippen LogP contribution is 2.22. The number of aliphatic carboxylic acids is 1. The van der Waals surface area contributed by atoms with E-state index in [2.05, 4.69) is 5.32 Å². The molecule has 4 nitrogen and oxygen atoms in total. The Morgan fingerprint density at radius 3 is 2.24 bits per heavy atom. The van der Waals surface area contributed by atoms with E-state index in [1.807, 2.05) is 0 Å². The summed E-state index contributed by atoms with van der Waals surface area (Å²) in [6.45, 7) is 0. The molecule has 1 aromatic rings. The molecule has 0 bridgehead atoms. The van der Waals surface area contributed by atoms with Gasteiger partial charge in [0.05, 0.1) is 18.9 Å². The van der Waals surface area contributed by atoms with Gasteiger partial charge in [0.1, 0.15) is 5.82 Å². The highest BCUT2D eigenvalue weighted by atomic mass is 19.4. The van der Waals surface area contributed by atoms with E-state index >= 15 is 0 Å². The first-order valence-corrected chi connectivity index (χ1v) is 6.01. The topological polar surface area (TPSA) is 66.4 Å². The predicted molar refractivity (Wildman–Crippen MR) is 64.8 cm³/mol. The molecule has 8 heteroatoms. The Morgan fingerprint density at radius 2 is 1.76 bits per heavy atom. The number of rotatable bonds is 6. The Morgan fingerprint density at radius 1 is 1.19 bits per heavy atom. The number of nitrogens with one attached hydrogen (secondary N) is 1. The summed E-state index contributed by atoms with van der Waals surface area (Å²) < 4.78 is 48.8. The summed E-state index contributed by atoms with van der Waals surface area (Å²) in [5.41, 5.74) is 0.305. The molecule has 0 fully saturated rings. The van der Waals surface area contributed by atoms with Crippen molar-refractivity contribution in [2.24, 2.45) is 0 Å². The standard InChI is InChI=1S/C13H13F4NO3/c14-9-3-1-8(2-4-9)10(7-12(20)21)18-11(19)5-6-13(15,16)17/h1-4,10H,5-7H2,(H,18,19)(H,20,21). The minimum atomic E-state index is -4.46. The van der Waals surface area contributed by atoms with Gasteiger partial charge in [-0.05, 0) is 17.7 Å². The molecule has 2 N–H and O–H groups in total. The average Bonchev–Trinajstić information content (AvgIpc) is 2.35. The Hall–Kier alpha value is -2.12. The molecule has 1 rings (SSSR count). The molecule has 1 aromatic carbocycles. The minimum absolute atomic E-state index is 0.305. The van der Waals surface area contributed by atoms with Crippen LogP contribution in [0.25, 0.3) is 0 Å². The number of alkyl halides is 3. The van der Waals surface area contributed by atoms with Gasteiger partial charge in [-0.2, -0.15) is 13.2 Å². The van der Waals surface area contributed by atoms with E-state index in [0.29, 0.717) is 5.56 Å². The molecule has 21 heavy (non-hydrogen) atoms. The first-order valence-electron chi connectivity index (χ1n) is 6.01. The minimum Gasteiger partial charge on any atom is -0.481 e. The van der Waals surface area contributed by atoms with Gasteiger partial charge in [-0.1, -0.05) is 12.1 Å². The highest BCUT2D eigenvalue weighted by molar-refractivity contribution is 5.77. The van der Waals surface area contributed by atoms with Crippen LogP contribution in [-0.4, -0.2) is 23.2 Å². The van der Waals surface area contributed by atoms with Crippen LogP contribution >= 0.6 is 0 Å². The van der Waals surface area contributed by atoms with Crippen LogP contribution in [0, 0.1) is 5.82 Å². The van der Waals surface area contributed by atoms with Crippen LogP contribution in [0.5, 0.6) is 0 Å². The molecule has 1 atom stereocenters.